The average molecular weight is 328 g/mol. The molecule has 0 atom stereocenters. The van der Waals surface area contributed by atoms with E-state index in [0.717, 1.165) is 5.03 Å². The molecule has 0 saturated carbocycles. The van der Waals surface area contributed by atoms with Crippen molar-refractivity contribution in [2.45, 2.75) is 0 Å². The van der Waals surface area contributed by atoms with Crippen LogP contribution in [0.4, 0.5) is 0 Å². The molecule has 0 bridgehead atoms. The van der Waals surface area contributed by atoms with Gasteiger partial charge in [0, 0.05) is 13.2 Å². The molecule has 0 aliphatic carbocycles. The number of hydrogen-bond acceptors (Lipinski definition) is 7. The van der Waals surface area contributed by atoms with Gasteiger partial charge < -0.3 is 9.64 Å². The first kappa shape index (κ1) is 15.1. The van der Waals surface area contributed by atoms with Crippen molar-refractivity contribution in [3.63, 3.8) is 0 Å². The number of allylic oxidation sites excluding steroid dienone is 2. The minimum atomic E-state index is -0.490. The maximum atomic E-state index is 12.1. The lowest BCUT2D eigenvalue weighted by Gasteiger charge is -2.11. The second-order valence-electron chi connectivity index (χ2n) is 3.89. The molecule has 8 heteroatoms. The normalized spacial score (nSPS) is 22.5. The SMILES string of the molecule is COC(=O)CN1C(=O)/C(=C\C=C2/SC=CN2C)SC1=S. The predicted molar refractivity (Wildman–Crippen MR) is 84.6 cm³/mol. The Morgan fingerprint density at radius 1 is 1.50 bits per heavy atom. The van der Waals surface area contributed by atoms with Crippen LogP contribution in [-0.2, 0) is 14.3 Å². The maximum Gasteiger partial charge on any atom is 0.325 e. The number of esters is 1. The number of carbonyl (C=O) groups excluding carboxylic acids is 2. The lowest BCUT2D eigenvalue weighted by atomic mass is 10.4. The number of hydrogen-bond donors (Lipinski definition) is 0. The zero-order valence-corrected chi connectivity index (χ0v) is 13.3. The molecule has 1 saturated heterocycles. The van der Waals surface area contributed by atoms with Gasteiger partial charge in [-0.3, -0.25) is 14.5 Å². The van der Waals surface area contributed by atoms with E-state index in [1.165, 1.54) is 23.8 Å². The van der Waals surface area contributed by atoms with Gasteiger partial charge in [0.05, 0.1) is 17.0 Å². The summed E-state index contributed by atoms with van der Waals surface area (Å²) in [6.07, 6.45) is 5.52. The molecule has 2 rings (SSSR count). The second-order valence-corrected chi connectivity index (χ2v) is 6.49. The fraction of sp³-hybridized carbons (Fsp3) is 0.250. The molecule has 2 aliphatic rings. The third-order valence-electron chi connectivity index (χ3n) is 2.59. The van der Waals surface area contributed by atoms with E-state index in [2.05, 4.69) is 4.74 Å². The van der Waals surface area contributed by atoms with Crippen LogP contribution in [0.3, 0.4) is 0 Å². The molecular formula is C12H12N2O3S3. The van der Waals surface area contributed by atoms with Gasteiger partial charge in [0.1, 0.15) is 10.9 Å². The van der Waals surface area contributed by atoms with Gasteiger partial charge in [0.15, 0.2) is 0 Å². The molecule has 0 aromatic rings. The van der Waals surface area contributed by atoms with Crippen molar-refractivity contribution < 1.29 is 14.3 Å². The highest BCUT2D eigenvalue weighted by molar-refractivity contribution is 8.26. The average Bonchev–Trinajstić information content (AvgIpc) is 2.94. The summed E-state index contributed by atoms with van der Waals surface area (Å²) >= 11 is 7.86. The molecule has 0 aromatic heterocycles. The standard InChI is InChI=1S/C12H12N2O3S3/c1-13-5-6-19-9(13)4-3-8-11(16)14(12(18)20-8)7-10(15)17-2/h3-6H,7H2,1-2H3/b8-3+,9-4-. The number of thioether (sulfide) groups is 2. The van der Waals surface area contributed by atoms with Crippen molar-refractivity contribution in [2.24, 2.45) is 0 Å². The Bertz CT molecular complexity index is 554. The summed E-state index contributed by atoms with van der Waals surface area (Å²) in [7, 11) is 3.21. The smallest absolute Gasteiger partial charge is 0.325 e. The zero-order valence-electron chi connectivity index (χ0n) is 10.9. The number of nitrogens with zero attached hydrogens (tertiary/aromatic N) is 2. The number of carbonyl (C=O) groups is 2. The highest BCUT2D eigenvalue weighted by Gasteiger charge is 2.33. The van der Waals surface area contributed by atoms with Gasteiger partial charge in [-0.1, -0.05) is 35.7 Å². The molecule has 1 amide bonds. The molecule has 106 valence electrons. The second kappa shape index (κ2) is 6.47. The first-order chi connectivity index (χ1) is 9.52. The van der Waals surface area contributed by atoms with Crippen molar-refractivity contribution in [1.29, 1.82) is 0 Å². The van der Waals surface area contributed by atoms with Gasteiger partial charge in [-0.05, 0) is 17.6 Å². The quantitative estimate of drug-likeness (QED) is 0.445. The molecule has 20 heavy (non-hydrogen) atoms. The molecule has 0 aromatic carbocycles. The molecule has 5 nitrogen and oxygen atoms in total. The third kappa shape index (κ3) is 3.25. The van der Waals surface area contributed by atoms with Crippen LogP contribution in [0, 0.1) is 0 Å². The van der Waals surface area contributed by atoms with Gasteiger partial charge in [-0.25, -0.2) is 0 Å². The van der Waals surface area contributed by atoms with Gasteiger partial charge >= 0.3 is 5.97 Å². The lowest BCUT2D eigenvalue weighted by molar-refractivity contribution is -0.143. The van der Waals surface area contributed by atoms with E-state index in [1.807, 2.05) is 29.6 Å². The molecular weight excluding hydrogens is 316 g/mol. The lowest BCUT2D eigenvalue weighted by Crippen LogP contribution is -2.33. The predicted octanol–water partition coefficient (Wildman–Crippen LogP) is 1.89. The van der Waals surface area contributed by atoms with Crippen molar-refractivity contribution in [1.82, 2.24) is 9.80 Å². The fourth-order valence-corrected chi connectivity index (χ4v) is 3.45. The van der Waals surface area contributed by atoms with E-state index in [4.69, 9.17) is 12.2 Å². The van der Waals surface area contributed by atoms with E-state index in [9.17, 15) is 9.59 Å². The summed E-state index contributed by atoms with van der Waals surface area (Å²) < 4.78 is 4.92. The Hall–Kier alpha value is -1.25. The fourth-order valence-electron chi connectivity index (χ4n) is 1.50. The van der Waals surface area contributed by atoms with E-state index in [-0.39, 0.29) is 12.5 Å². The third-order valence-corrected chi connectivity index (χ3v) is 4.91. The molecule has 0 radical (unpaired) electrons. The maximum absolute atomic E-state index is 12.1. The van der Waals surface area contributed by atoms with Crippen LogP contribution >= 0.6 is 35.7 Å². The van der Waals surface area contributed by atoms with Gasteiger partial charge in [-0.2, -0.15) is 0 Å². The van der Waals surface area contributed by atoms with Crippen LogP contribution in [-0.4, -0.2) is 46.7 Å². The summed E-state index contributed by atoms with van der Waals surface area (Å²) in [5.74, 6) is -0.753. The van der Waals surface area contributed by atoms with E-state index >= 15 is 0 Å². The van der Waals surface area contributed by atoms with Crippen LogP contribution in [0.5, 0.6) is 0 Å². The van der Waals surface area contributed by atoms with Crippen LogP contribution in [0.2, 0.25) is 0 Å². The van der Waals surface area contributed by atoms with Gasteiger partial charge in [0.2, 0.25) is 0 Å². The monoisotopic (exact) mass is 328 g/mol. The van der Waals surface area contributed by atoms with Crippen molar-refractivity contribution in [2.75, 3.05) is 20.7 Å². The molecule has 0 N–H and O–H groups in total. The van der Waals surface area contributed by atoms with Crippen LogP contribution in [0.25, 0.3) is 0 Å². The first-order valence-corrected chi connectivity index (χ1v) is 7.72. The Kier molecular flexibility index (Phi) is 4.90. The Balaban J connectivity index is 2.10. The topological polar surface area (TPSA) is 49.9 Å². The van der Waals surface area contributed by atoms with Crippen molar-refractivity contribution in [3.05, 3.63) is 33.7 Å². The highest BCUT2D eigenvalue weighted by Crippen LogP contribution is 2.32. The Morgan fingerprint density at radius 2 is 2.25 bits per heavy atom. The minimum Gasteiger partial charge on any atom is -0.468 e. The summed E-state index contributed by atoms with van der Waals surface area (Å²) in [6.45, 7) is -0.148. The van der Waals surface area contributed by atoms with Crippen LogP contribution < -0.4 is 0 Å². The number of thiocarbonyl (C=S) groups is 1. The van der Waals surface area contributed by atoms with Gasteiger partial charge in [0.25, 0.3) is 5.91 Å². The Labute approximate surface area is 130 Å². The summed E-state index contributed by atoms with van der Waals surface area (Å²) in [5, 5.41) is 2.98. The molecule has 1 fully saturated rings. The van der Waals surface area contributed by atoms with E-state index in [1.54, 1.807) is 17.8 Å². The minimum absolute atomic E-state index is 0.148. The van der Waals surface area contributed by atoms with Crippen molar-refractivity contribution in [3.8, 4) is 0 Å². The van der Waals surface area contributed by atoms with Crippen LogP contribution in [0.1, 0.15) is 0 Å². The molecule has 0 unspecified atom stereocenters. The zero-order chi connectivity index (χ0) is 14.7. The molecule has 2 heterocycles. The molecule has 0 spiro atoms. The van der Waals surface area contributed by atoms with Crippen molar-refractivity contribution >= 4 is 51.9 Å². The molecule has 2 aliphatic heterocycles. The summed E-state index contributed by atoms with van der Waals surface area (Å²) in [6, 6.07) is 0. The van der Waals surface area contributed by atoms with E-state index < -0.39 is 5.97 Å². The summed E-state index contributed by atoms with van der Waals surface area (Å²) in [4.78, 5) is 27.1. The highest BCUT2D eigenvalue weighted by atomic mass is 32.2. The Morgan fingerprint density at radius 3 is 2.85 bits per heavy atom. The summed E-state index contributed by atoms with van der Waals surface area (Å²) in [5.41, 5.74) is 0. The van der Waals surface area contributed by atoms with E-state index in [0.29, 0.717) is 9.23 Å². The number of amides is 1. The number of methoxy groups -OCH3 is 1. The first-order valence-electron chi connectivity index (χ1n) is 5.61. The number of ether oxygens (including phenoxy) is 1. The van der Waals surface area contributed by atoms with Gasteiger partial charge in [-0.15, -0.1) is 0 Å². The number of rotatable bonds is 3. The largest absolute Gasteiger partial charge is 0.468 e. The van der Waals surface area contributed by atoms with Crippen LogP contribution in [0.15, 0.2) is 33.7 Å².